The number of hydrogen-bond donors (Lipinski definition) is 1. The minimum absolute atomic E-state index is 0.0570. The van der Waals surface area contributed by atoms with Crippen LogP contribution in [-0.2, 0) is 19.5 Å². The van der Waals surface area contributed by atoms with Crippen molar-refractivity contribution in [3.05, 3.63) is 35.9 Å². The zero-order valence-electron chi connectivity index (χ0n) is 15.4. The molecule has 1 aromatic heterocycles. The Hall–Kier alpha value is -2.77. The lowest BCUT2D eigenvalue weighted by Gasteiger charge is -2.27. The standard InChI is InChI=1S/C18H25N5O3/c1-13(8-14-4-5-15(25-2)16(9-14)26-3)10-19-18(24)22-6-7-23-12-20-21-17(23)11-22/h4-5,9,12-13H,6-8,10-11H2,1-3H3,(H,19,24). The van der Waals surface area contributed by atoms with Gasteiger partial charge in [0.15, 0.2) is 17.3 Å². The quantitative estimate of drug-likeness (QED) is 0.849. The van der Waals surface area contributed by atoms with Crippen molar-refractivity contribution in [3.63, 3.8) is 0 Å². The van der Waals surface area contributed by atoms with E-state index in [-0.39, 0.29) is 6.03 Å². The van der Waals surface area contributed by atoms with Crippen molar-refractivity contribution in [2.45, 2.75) is 26.4 Å². The van der Waals surface area contributed by atoms with Crippen molar-refractivity contribution in [1.82, 2.24) is 25.0 Å². The van der Waals surface area contributed by atoms with E-state index in [1.54, 1.807) is 25.4 Å². The van der Waals surface area contributed by atoms with E-state index in [4.69, 9.17) is 9.47 Å². The zero-order chi connectivity index (χ0) is 18.5. The van der Waals surface area contributed by atoms with Crippen molar-refractivity contribution in [2.75, 3.05) is 27.3 Å². The number of nitrogens with zero attached hydrogens (tertiary/aromatic N) is 4. The minimum atomic E-state index is -0.0570. The molecule has 1 atom stereocenters. The molecule has 0 fully saturated rings. The molecule has 0 spiro atoms. The predicted octanol–water partition coefficient (Wildman–Crippen LogP) is 1.70. The number of aromatic nitrogens is 3. The lowest BCUT2D eigenvalue weighted by molar-refractivity contribution is 0.180. The first-order chi connectivity index (χ1) is 12.6. The van der Waals surface area contributed by atoms with Crippen molar-refractivity contribution in [3.8, 4) is 11.5 Å². The van der Waals surface area contributed by atoms with Gasteiger partial charge in [-0.3, -0.25) is 0 Å². The van der Waals surface area contributed by atoms with Gasteiger partial charge in [-0.2, -0.15) is 0 Å². The van der Waals surface area contributed by atoms with E-state index in [1.165, 1.54) is 0 Å². The van der Waals surface area contributed by atoms with Crippen molar-refractivity contribution in [1.29, 1.82) is 0 Å². The van der Waals surface area contributed by atoms with Crippen molar-refractivity contribution >= 4 is 6.03 Å². The number of nitrogens with one attached hydrogen (secondary N) is 1. The van der Waals surface area contributed by atoms with E-state index in [1.807, 2.05) is 22.8 Å². The van der Waals surface area contributed by atoms with Crippen LogP contribution in [0.4, 0.5) is 4.79 Å². The third-order valence-corrected chi connectivity index (χ3v) is 4.56. The van der Waals surface area contributed by atoms with Crippen LogP contribution >= 0.6 is 0 Å². The summed E-state index contributed by atoms with van der Waals surface area (Å²) in [6.45, 7) is 4.62. The van der Waals surface area contributed by atoms with E-state index in [9.17, 15) is 4.79 Å². The molecule has 2 amide bonds. The third kappa shape index (κ3) is 4.07. The molecule has 1 N–H and O–H groups in total. The van der Waals surface area contributed by atoms with Crippen LogP contribution in [0.25, 0.3) is 0 Å². The molecule has 2 aromatic rings. The van der Waals surface area contributed by atoms with Crippen LogP contribution in [0.1, 0.15) is 18.3 Å². The average molecular weight is 359 g/mol. The fraction of sp³-hybridized carbons (Fsp3) is 0.500. The highest BCUT2D eigenvalue weighted by atomic mass is 16.5. The Labute approximate surface area is 153 Å². The van der Waals surface area contributed by atoms with E-state index in [0.29, 0.717) is 25.6 Å². The number of rotatable bonds is 6. The predicted molar refractivity (Wildman–Crippen MR) is 96.2 cm³/mol. The van der Waals surface area contributed by atoms with Gasteiger partial charge in [0.1, 0.15) is 6.33 Å². The Balaban J connectivity index is 1.49. The lowest BCUT2D eigenvalue weighted by atomic mass is 10.0. The van der Waals surface area contributed by atoms with Gasteiger partial charge < -0.3 is 24.3 Å². The maximum Gasteiger partial charge on any atom is 0.317 e. The van der Waals surface area contributed by atoms with E-state index >= 15 is 0 Å². The van der Waals surface area contributed by atoms with E-state index in [2.05, 4.69) is 22.4 Å². The molecule has 2 heterocycles. The molecular weight excluding hydrogens is 334 g/mol. The summed E-state index contributed by atoms with van der Waals surface area (Å²) in [6, 6.07) is 5.85. The van der Waals surface area contributed by atoms with Crippen LogP contribution in [0.5, 0.6) is 11.5 Å². The highest BCUT2D eigenvalue weighted by Crippen LogP contribution is 2.28. The van der Waals surface area contributed by atoms with Crippen LogP contribution in [0, 0.1) is 5.92 Å². The molecule has 1 aromatic carbocycles. The molecule has 0 aliphatic carbocycles. The van der Waals surface area contributed by atoms with Crippen LogP contribution in [-0.4, -0.2) is 53.0 Å². The molecule has 140 valence electrons. The second-order valence-corrected chi connectivity index (χ2v) is 6.55. The molecule has 1 unspecified atom stereocenters. The molecule has 0 saturated heterocycles. The summed E-state index contributed by atoms with van der Waals surface area (Å²) >= 11 is 0. The molecule has 26 heavy (non-hydrogen) atoms. The largest absolute Gasteiger partial charge is 0.493 e. The van der Waals surface area contributed by atoms with Crippen LogP contribution < -0.4 is 14.8 Å². The monoisotopic (exact) mass is 359 g/mol. The Kier molecular flexibility index (Phi) is 5.60. The average Bonchev–Trinajstić information content (AvgIpc) is 3.13. The van der Waals surface area contributed by atoms with Gasteiger partial charge in [0.25, 0.3) is 0 Å². The summed E-state index contributed by atoms with van der Waals surface area (Å²) in [4.78, 5) is 14.2. The molecule has 0 saturated carbocycles. The van der Waals surface area contributed by atoms with Gasteiger partial charge >= 0.3 is 6.03 Å². The van der Waals surface area contributed by atoms with E-state index < -0.39 is 0 Å². The number of fused-ring (bicyclic) bond motifs is 1. The zero-order valence-corrected chi connectivity index (χ0v) is 15.4. The highest BCUT2D eigenvalue weighted by Gasteiger charge is 2.22. The fourth-order valence-corrected chi connectivity index (χ4v) is 3.10. The molecule has 8 heteroatoms. The van der Waals surface area contributed by atoms with Crippen molar-refractivity contribution < 1.29 is 14.3 Å². The molecule has 8 nitrogen and oxygen atoms in total. The Morgan fingerprint density at radius 2 is 2.08 bits per heavy atom. The summed E-state index contributed by atoms with van der Waals surface area (Å²) in [5.74, 6) is 2.56. The molecule has 1 aliphatic heterocycles. The number of urea groups is 1. The maximum absolute atomic E-state index is 12.4. The SMILES string of the molecule is COc1ccc(CC(C)CNC(=O)N2CCn3cnnc3C2)cc1OC. The van der Waals surface area contributed by atoms with Gasteiger partial charge in [-0.1, -0.05) is 13.0 Å². The van der Waals surface area contributed by atoms with Gasteiger partial charge in [-0.15, -0.1) is 10.2 Å². The first kappa shape index (κ1) is 18.0. The maximum atomic E-state index is 12.4. The second kappa shape index (κ2) is 8.07. The van der Waals surface area contributed by atoms with Crippen LogP contribution in [0.15, 0.2) is 24.5 Å². The van der Waals surface area contributed by atoms with Gasteiger partial charge in [0, 0.05) is 19.6 Å². The number of ether oxygens (including phenoxy) is 2. The Bertz CT molecular complexity index is 761. The molecule has 0 radical (unpaired) electrons. The number of benzene rings is 1. The summed E-state index contributed by atoms with van der Waals surface area (Å²) in [6.07, 6.45) is 2.55. The van der Waals surface area contributed by atoms with Crippen molar-refractivity contribution in [2.24, 2.45) is 5.92 Å². The molecule has 3 rings (SSSR count). The topological polar surface area (TPSA) is 81.5 Å². The Morgan fingerprint density at radius 1 is 1.27 bits per heavy atom. The number of amides is 2. The minimum Gasteiger partial charge on any atom is -0.493 e. The first-order valence-electron chi connectivity index (χ1n) is 8.71. The van der Waals surface area contributed by atoms with Gasteiger partial charge in [-0.05, 0) is 30.0 Å². The fourth-order valence-electron chi connectivity index (χ4n) is 3.10. The smallest absolute Gasteiger partial charge is 0.317 e. The molecule has 1 aliphatic rings. The van der Waals surface area contributed by atoms with Crippen LogP contribution in [0.3, 0.4) is 0 Å². The molecular formula is C18H25N5O3. The van der Waals surface area contributed by atoms with E-state index in [0.717, 1.165) is 35.9 Å². The summed E-state index contributed by atoms with van der Waals surface area (Å²) in [7, 11) is 3.25. The summed E-state index contributed by atoms with van der Waals surface area (Å²) in [5, 5.41) is 10.9. The third-order valence-electron chi connectivity index (χ3n) is 4.56. The van der Waals surface area contributed by atoms with Gasteiger partial charge in [0.2, 0.25) is 0 Å². The number of methoxy groups -OCH3 is 2. The Morgan fingerprint density at radius 3 is 2.85 bits per heavy atom. The van der Waals surface area contributed by atoms with Gasteiger partial charge in [0.05, 0.1) is 20.8 Å². The lowest BCUT2D eigenvalue weighted by Crippen LogP contribution is -2.45. The van der Waals surface area contributed by atoms with Crippen LogP contribution in [0.2, 0.25) is 0 Å². The number of hydrogen-bond acceptors (Lipinski definition) is 5. The number of carbonyl (C=O) groups excluding carboxylic acids is 1. The summed E-state index contributed by atoms with van der Waals surface area (Å²) < 4.78 is 12.6. The second-order valence-electron chi connectivity index (χ2n) is 6.55. The normalized spacial score (nSPS) is 14.5. The first-order valence-corrected chi connectivity index (χ1v) is 8.71. The molecule has 0 bridgehead atoms. The summed E-state index contributed by atoms with van der Waals surface area (Å²) in [5.41, 5.74) is 1.15. The highest BCUT2D eigenvalue weighted by molar-refractivity contribution is 5.74. The number of carbonyl (C=O) groups is 1. The van der Waals surface area contributed by atoms with Gasteiger partial charge in [-0.25, -0.2) is 4.79 Å².